The molecule has 0 fully saturated rings. The molecule has 0 aliphatic carbocycles. The molecule has 14 heteroatoms. The van der Waals surface area contributed by atoms with E-state index >= 15 is 0 Å². The summed E-state index contributed by atoms with van der Waals surface area (Å²) in [5.74, 6) is 5.22. The molecule has 0 saturated carbocycles. The minimum atomic E-state index is -4.56. The van der Waals surface area contributed by atoms with Crippen molar-refractivity contribution >= 4 is 63.1 Å². The molecule has 0 radical (unpaired) electrons. The third kappa shape index (κ3) is 6.37. The molecule has 0 unspecified atom stereocenters. The van der Waals surface area contributed by atoms with Crippen LogP contribution in [-0.4, -0.2) is 32.7 Å². The lowest BCUT2D eigenvalue weighted by atomic mass is 10.2. The fourth-order valence-corrected chi connectivity index (χ4v) is 3.56. The summed E-state index contributed by atoms with van der Waals surface area (Å²) >= 11 is 10.2. The molecule has 3 aromatic rings. The van der Waals surface area contributed by atoms with E-state index in [-0.39, 0.29) is 27.6 Å². The molecule has 4 N–H and O–H groups in total. The number of nitrogen functional groups attached to an aromatic ring is 1. The molecular weight excluding hydrogens is 535 g/mol. The summed E-state index contributed by atoms with van der Waals surface area (Å²) < 4.78 is 40.5. The van der Waals surface area contributed by atoms with E-state index < -0.39 is 17.6 Å². The van der Waals surface area contributed by atoms with Crippen LogP contribution < -0.4 is 16.6 Å². The molecule has 8 nitrogen and oxygen atoms in total. The molecule has 0 saturated heterocycles. The number of hydrogen-bond acceptors (Lipinski definition) is 7. The van der Waals surface area contributed by atoms with Gasteiger partial charge in [-0.25, -0.2) is 10.1 Å². The maximum Gasteiger partial charge on any atom is 0.416 e. The van der Waals surface area contributed by atoms with Crippen molar-refractivity contribution in [1.82, 2.24) is 14.9 Å². The Balaban J connectivity index is 1.57. The molecule has 1 heterocycles. The average molecular weight is 549 g/mol. The van der Waals surface area contributed by atoms with Crippen molar-refractivity contribution in [2.45, 2.75) is 11.3 Å². The number of aromatic nitrogens is 3. The van der Waals surface area contributed by atoms with Crippen LogP contribution in [0.2, 0.25) is 5.02 Å². The first-order valence-electron chi connectivity index (χ1n) is 8.68. The first-order valence-corrected chi connectivity index (χ1v) is 10.8. The van der Waals surface area contributed by atoms with Crippen molar-refractivity contribution in [3.63, 3.8) is 0 Å². The maximum absolute atomic E-state index is 12.8. The van der Waals surface area contributed by atoms with Gasteiger partial charge in [0.05, 0.1) is 28.2 Å². The Bertz CT molecular complexity index is 1160. The Hall–Kier alpha value is -2.77. The van der Waals surface area contributed by atoms with E-state index in [2.05, 4.69) is 42.0 Å². The van der Waals surface area contributed by atoms with Gasteiger partial charge in [-0.05, 0) is 35.9 Å². The van der Waals surface area contributed by atoms with Gasteiger partial charge in [-0.3, -0.25) is 4.79 Å². The number of amides is 1. The number of benzene rings is 2. The number of alkyl halides is 3. The van der Waals surface area contributed by atoms with Gasteiger partial charge in [0.1, 0.15) is 0 Å². The molecule has 0 bridgehead atoms. The van der Waals surface area contributed by atoms with Crippen molar-refractivity contribution in [2.75, 3.05) is 22.3 Å². The molecule has 32 heavy (non-hydrogen) atoms. The third-order valence-corrected chi connectivity index (χ3v) is 5.56. The standard InChI is InChI=1S/C18H14BrClF3N7OS/c19-12-3-1-2-10(6-12)8-25-27-16-28-29-17(30(16)24)32-9-15(31)26-14-7-11(18(21,22)23)4-5-13(14)20/h1-8H,9,24H2,(H,26,31)(H,27,28)/b25-8+. The predicted molar refractivity (Wildman–Crippen MR) is 121 cm³/mol. The van der Waals surface area contributed by atoms with Gasteiger partial charge in [0.15, 0.2) is 0 Å². The lowest BCUT2D eigenvalue weighted by Gasteiger charge is -2.11. The molecule has 0 spiro atoms. The first kappa shape index (κ1) is 23.9. The second-order valence-corrected chi connectivity index (χ2v) is 8.40. The molecule has 1 amide bonds. The highest BCUT2D eigenvalue weighted by Crippen LogP contribution is 2.34. The molecule has 0 atom stereocenters. The van der Waals surface area contributed by atoms with Crippen molar-refractivity contribution in [3.05, 3.63) is 63.1 Å². The Labute approximate surface area is 197 Å². The number of thioether (sulfide) groups is 1. The lowest BCUT2D eigenvalue weighted by Crippen LogP contribution is -2.17. The van der Waals surface area contributed by atoms with E-state index in [0.717, 1.165) is 44.7 Å². The van der Waals surface area contributed by atoms with Crippen LogP contribution in [0.15, 0.2) is 57.2 Å². The topological polar surface area (TPSA) is 110 Å². The van der Waals surface area contributed by atoms with E-state index in [0.29, 0.717) is 0 Å². The quantitative estimate of drug-likeness (QED) is 0.172. The molecule has 1 aromatic heterocycles. The number of nitrogens with one attached hydrogen (secondary N) is 2. The van der Waals surface area contributed by atoms with Gasteiger partial charge in [0, 0.05) is 4.47 Å². The highest BCUT2D eigenvalue weighted by Gasteiger charge is 2.31. The predicted octanol–water partition coefficient (Wildman–Crippen LogP) is 4.60. The molecule has 0 aliphatic heterocycles. The summed E-state index contributed by atoms with van der Waals surface area (Å²) in [5, 5.41) is 14.2. The van der Waals surface area contributed by atoms with Crippen LogP contribution in [0, 0.1) is 0 Å². The number of rotatable bonds is 7. The van der Waals surface area contributed by atoms with Gasteiger partial charge in [0.25, 0.3) is 5.95 Å². The first-order chi connectivity index (χ1) is 15.1. The maximum atomic E-state index is 12.8. The molecular formula is C18H14BrClF3N7OS. The van der Waals surface area contributed by atoms with E-state index in [1.165, 1.54) is 0 Å². The molecule has 0 aliphatic rings. The minimum absolute atomic E-state index is 0.0202. The lowest BCUT2D eigenvalue weighted by molar-refractivity contribution is -0.137. The summed E-state index contributed by atoms with van der Waals surface area (Å²) in [7, 11) is 0. The fraction of sp³-hybridized carbons (Fsp3) is 0.111. The van der Waals surface area contributed by atoms with Crippen molar-refractivity contribution < 1.29 is 18.0 Å². The average Bonchev–Trinajstić information content (AvgIpc) is 3.07. The summed E-state index contributed by atoms with van der Waals surface area (Å²) in [5.41, 5.74) is 2.39. The van der Waals surface area contributed by atoms with Crippen molar-refractivity contribution in [1.29, 1.82) is 0 Å². The monoisotopic (exact) mass is 547 g/mol. The van der Waals surface area contributed by atoms with Crippen LogP contribution in [0.5, 0.6) is 0 Å². The van der Waals surface area contributed by atoms with E-state index in [1.807, 2.05) is 24.3 Å². The van der Waals surface area contributed by atoms with Crippen LogP contribution in [0.3, 0.4) is 0 Å². The van der Waals surface area contributed by atoms with Crippen LogP contribution in [0.25, 0.3) is 0 Å². The largest absolute Gasteiger partial charge is 0.416 e. The number of carbonyl (C=O) groups is 1. The second-order valence-electron chi connectivity index (χ2n) is 6.13. The number of carbonyl (C=O) groups excluding carboxylic acids is 1. The van der Waals surface area contributed by atoms with Gasteiger partial charge in [0.2, 0.25) is 11.1 Å². The summed E-state index contributed by atoms with van der Waals surface area (Å²) in [4.78, 5) is 12.2. The zero-order valence-electron chi connectivity index (χ0n) is 15.9. The van der Waals surface area contributed by atoms with Crippen molar-refractivity contribution in [2.24, 2.45) is 5.10 Å². The molecule has 2 aromatic carbocycles. The minimum Gasteiger partial charge on any atom is -0.334 e. The normalized spacial score (nSPS) is 11.7. The van der Waals surface area contributed by atoms with Gasteiger partial charge in [-0.1, -0.05) is 51.4 Å². The zero-order chi connectivity index (χ0) is 23.3. The van der Waals surface area contributed by atoms with Crippen LogP contribution in [0.4, 0.5) is 24.8 Å². The Morgan fingerprint density at radius 1 is 1.28 bits per heavy atom. The Morgan fingerprint density at radius 3 is 2.78 bits per heavy atom. The molecule has 168 valence electrons. The smallest absolute Gasteiger partial charge is 0.334 e. The fourth-order valence-electron chi connectivity index (χ4n) is 2.32. The highest BCUT2D eigenvalue weighted by molar-refractivity contribution is 9.10. The summed E-state index contributed by atoms with van der Waals surface area (Å²) in [6.45, 7) is 0. The number of hydrazone groups is 1. The van der Waals surface area contributed by atoms with Gasteiger partial charge in [-0.15, -0.1) is 10.2 Å². The highest BCUT2D eigenvalue weighted by atomic mass is 79.9. The number of hydrogen-bond donors (Lipinski definition) is 3. The number of nitrogens with zero attached hydrogens (tertiary/aromatic N) is 4. The van der Waals surface area contributed by atoms with E-state index in [9.17, 15) is 18.0 Å². The Morgan fingerprint density at radius 2 is 2.06 bits per heavy atom. The third-order valence-electron chi connectivity index (χ3n) is 3.79. The Kier molecular flexibility index (Phi) is 7.64. The van der Waals surface area contributed by atoms with Crippen LogP contribution >= 0.6 is 39.3 Å². The van der Waals surface area contributed by atoms with Crippen molar-refractivity contribution in [3.8, 4) is 0 Å². The van der Waals surface area contributed by atoms with Crippen LogP contribution in [-0.2, 0) is 11.0 Å². The zero-order valence-corrected chi connectivity index (χ0v) is 19.1. The van der Waals surface area contributed by atoms with Crippen LogP contribution in [0.1, 0.15) is 11.1 Å². The molecule has 3 rings (SSSR count). The number of nitrogens with two attached hydrogens (primary N) is 1. The van der Waals surface area contributed by atoms with Gasteiger partial charge < -0.3 is 11.2 Å². The van der Waals surface area contributed by atoms with Gasteiger partial charge in [-0.2, -0.15) is 18.3 Å². The summed E-state index contributed by atoms with van der Waals surface area (Å²) in [6, 6.07) is 10.1. The number of halogens is 5. The second kappa shape index (κ2) is 10.2. The van der Waals surface area contributed by atoms with E-state index in [1.54, 1.807) is 6.21 Å². The van der Waals surface area contributed by atoms with Gasteiger partial charge >= 0.3 is 6.18 Å². The summed E-state index contributed by atoms with van der Waals surface area (Å²) in [6.07, 6.45) is -3.00. The van der Waals surface area contributed by atoms with E-state index in [4.69, 9.17) is 17.4 Å². The SMILES string of the molecule is Nn1c(N/N=C/c2cccc(Br)c2)nnc1SCC(=O)Nc1cc(C(F)(F)F)ccc1Cl. The number of anilines is 2.